The fourth-order valence-corrected chi connectivity index (χ4v) is 2.67. The Morgan fingerprint density at radius 2 is 2.37 bits per heavy atom. The second-order valence-corrected chi connectivity index (χ2v) is 5.52. The van der Waals surface area contributed by atoms with Crippen LogP contribution in [0.4, 0.5) is 0 Å². The van der Waals surface area contributed by atoms with Gasteiger partial charge in [-0.25, -0.2) is 5.20 Å². The van der Waals surface area contributed by atoms with Crippen molar-refractivity contribution in [3.8, 4) is 5.75 Å². The summed E-state index contributed by atoms with van der Waals surface area (Å²) < 4.78 is 5.91. The van der Waals surface area contributed by atoms with Gasteiger partial charge in [0.05, 0.1) is 6.61 Å². The van der Waals surface area contributed by atoms with Crippen LogP contribution in [0.2, 0.25) is 0 Å². The molecule has 0 fully saturated rings. The Labute approximate surface area is 116 Å². The summed E-state index contributed by atoms with van der Waals surface area (Å²) >= 11 is 0. The number of rotatable bonds is 7. The third kappa shape index (κ3) is 4.15. The summed E-state index contributed by atoms with van der Waals surface area (Å²) in [6.45, 7) is 3.16. The number of fused-ring (bicyclic) bond motifs is 1. The summed E-state index contributed by atoms with van der Waals surface area (Å²) in [5.74, 6) is 1.01. The molecule has 0 spiro atoms. The second kappa shape index (κ2) is 7.81. The van der Waals surface area contributed by atoms with Crippen LogP contribution in [0.3, 0.4) is 0 Å². The average Bonchev–Trinajstić information content (AvgIpc) is 2.46. The number of hydrazine groups is 1. The molecule has 0 radical (unpaired) electrons. The van der Waals surface area contributed by atoms with E-state index in [2.05, 4.69) is 35.5 Å². The van der Waals surface area contributed by atoms with Crippen molar-refractivity contribution in [1.82, 2.24) is 10.6 Å². The summed E-state index contributed by atoms with van der Waals surface area (Å²) in [6, 6.07) is 6.37. The molecule has 5 heteroatoms. The zero-order valence-corrected chi connectivity index (χ0v) is 12.4. The van der Waals surface area contributed by atoms with Crippen molar-refractivity contribution in [1.29, 1.82) is 0 Å². The fourth-order valence-electron chi connectivity index (χ4n) is 2.37. The number of ether oxygens (including phenoxy) is 1. The number of aliphatic hydroxyl groups is 1. The Kier molecular flexibility index (Phi) is 6.05. The lowest BCUT2D eigenvalue weighted by molar-refractivity contribution is 0.0967. The molecule has 19 heavy (non-hydrogen) atoms. The first-order valence-corrected chi connectivity index (χ1v) is 8.38. The van der Waals surface area contributed by atoms with E-state index < -0.39 is 0 Å². The molecule has 1 aromatic rings. The number of aryl methyl sites for hydroxylation is 2. The van der Waals surface area contributed by atoms with Crippen LogP contribution in [-0.4, -0.2) is 31.0 Å². The largest absolute Gasteiger partial charge is 0.487 e. The van der Waals surface area contributed by atoms with Gasteiger partial charge in [0.2, 0.25) is 0 Å². The zero-order valence-electron chi connectivity index (χ0n) is 11.4. The predicted octanol–water partition coefficient (Wildman–Crippen LogP) is 1.62. The van der Waals surface area contributed by atoms with E-state index in [0.717, 1.165) is 46.7 Å². The van der Waals surface area contributed by atoms with Gasteiger partial charge in [0, 0.05) is 6.54 Å². The van der Waals surface area contributed by atoms with Crippen LogP contribution in [0, 0.1) is 0 Å². The Balaban J connectivity index is 1.93. The molecule has 1 aliphatic rings. The highest BCUT2D eigenvalue weighted by atomic mass is 31.1. The van der Waals surface area contributed by atoms with Crippen LogP contribution < -0.4 is 15.4 Å². The van der Waals surface area contributed by atoms with E-state index in [1.807, 2.05) is 0 Å². The zero-order chi connectivity index (χ0) is 13.5. The topological polar surface area (TPSA) is 53.5 Å². The van der Waals surface area contributed by atoms with Crippen molar-refractivity contribution in [2.75, 3.05) is 19.8 Å². The molecule has 2 unspecified atom stereocenters. The minimum Gasteiger partial charge on any atom is -0.487 e. The van der Waals surface area contributed by atoms with Crippen molar-refractivity contribution in [2.45, 2.75) is 31.8 Å². The summed E-state index contributed by atoms with van der Waals surface area (Å²) in [5, 5.41) is 12.4. The van der Waals surface area contributed by atoms with Crippen molar-refractivity contribution >= 4 is 8.73 Å². The number of aliphatic hydroxyl groups excluding tert-OH is 1. The lowest BCUT2D eigenvalue weighted by Crippen LogP contribution is -2.27. The number of hydrogen-bond acceptors (Lipinski definition) is 4. The highest BCUT2D eigenvalue weighted by Gasteiger charge is 2.21. The number of hydrogen-bond donors (Lipinski definition) is 3. The molecule has 0 aromatic heterocycles. The maximum absolute atomic E-state index is 9.24. The molecule has 3 N–H and O–H groups in total. The van der Waals surface area contributed by atoms with Gasteiger partial charge in [-0.05, 0) is 52.2 Å². The fraction of sp³-hybridized carbons (Fsp3) is 0.571. The lowest BCUT2D eigenvalue weighted by Gasteiger charge is -2.26. The number of para-hydroxylation sites is 1. The molecule has 106 valence electrons. The highest BCUT2D eigenvalue weighted by molar-refractivity contribution is 7.34. The van der Waals surface area contributed by atoms with Gasteiger partial charge in [-0.15, -0.1) is 0 Å². The molecule has 0 amide bonds. The Bertz CT molecular complexity index is 401. The normalized spacial score (nSPS) is 18.5. The summed E-state index contributed by atoms with van der Waals surface area (Å²) in [6.07, 6.45) is 3.96. The standard InChI is InChI=1S/C14H23N2O2P/c1-19-16-15-9-3-6-11-4-2-5-12-7-8-13(10-17)18-14(11)12/h2,4-5,13,15-17,19H,3,6-10H2,1H3. The highest BCUT2D eigenvalue weighted by Crippen LogP contribution is 2.31. The number of nitrogens with one attached hydrogen (secondary N) is 2. The lowest BCUT2D eigenvalue weighted by atomic mass is 9.97. The van der Waals surface area contributed by atoms with E-state index in [0.29, 0.717) is 0 Å². The predicted molar refractivity (Wildman–Crippen MR) is 80.0 cm³/mol. The van der Waals surface area contributed by atoms with E-state index in [1.165, 1.54) is 11.1 Å². The summed E-state index contributed by atoms with van der Waals surface area (Å²) in [4.78, 5) is 0. The molecule has 4 nitrogen and oxygen atoms in total. The average molecular weight is 282 g/mol. The van der Waals surface area contributed by atoms with Crippen LogP contribution in [0.15, 0.2) is 18.2 Å². The first-order valence-electron chi connectivity index (χ1n) is 6.88. The minimum atomic E-state index is -0.0327. The maximum atomic E-state index is 9.24. The van der Waals surface area contributed by atoms with E-state index >= 15 is 0 Å². The third-order valence-corrected chi connectivity index (χ3v) is 3.79. The molecule has 0 aliphatic carbocycles. The van der Waals surface area contributed by atoms with E-state index in [-0.39, 0.29) is 12.7 Å². The summed E-state index contributed by atoms with van der Waals surface area (Å²) in [5.41, 5.74) is 5.73. The SMILES string of the molecule is CPNNCCCc1cccc2c1OC(CO)CC2. The Hall–Kier alpha value is -0.670. The van der Waals surface area contributed by atoms with Gasteiger partial charge in [-0.3, -0.25) is 5.43 Å². The third-order valence-electron chi connectivity index (χ3n) is 3.36. The van der Waals surface area contributed by atoms with Gasteiger partial charge in [0.25, 0.3) is 0 Å². The minimum absolute atomic E-state index is 0.0327. The molecule has 1 heterocycles. The molecular weight excluding hydrogens is 259 g/mol. The van der Waals surface area contributed by atoms with Crippen molar-refractivity contribution in [2.24, 2.45) is 0 Å². The second-order valence-electron chi connectivity index (χ2n) is 4.77. The molecule has 2 rings (SSSR count). The van der Waals surface area contributed by atoms with Crippen LogP contribution in [0.5, 0.6) is 5.75 Å². The first-order chi connectivity index (χ1) is 9.35. The van der Waals surface area contributed by atoms with Crippen LogP contribution in [-0.2, 0) is 12.8 Å². The molecule has 1 aliphatic heterocycles. The molecule has 2 atom stereocenters. The molecule has 0 saturated heterocycles. The smallest absolute Gasteiger partial charge is 0.126 e. The van der Waals surface area contributed by atoms with Gasteiger partial charge in [0.15, 0.2) is 0 Å². The van der Waals surface area contributed by atoms with Gasteiger partial charge in [0.1, 0.15) is 11.9 Å². The summed E-state index contributed by atoms with van der Waals surface area (Å²) in [7, 11) is 0.723. The van der Waals surface area contributed by atoms with E-state index in [1.54, 1.807) is 0 Å². The van der Waals surface area contributed by atoms with E-state index in [4.69, 9.17) is 4.74 Å². The molecule has 1 aromatic carbocycles. The Morgan fingerprint density at radius 3 is 3.16 bits per heavy atom. The van der Waals surface area contributed by atoms with Crippen LogP contribution in [0.25, 0.3) is 0 Å². The Morgan fingerprint density at radius 1 is 1.47 bits per heavy atom. The van der Waals surface area contributed by atoms with Gasteiger partial charge < -0.3 is 9.84 Å². The first kappa shape index (κ1) is 14.7. The van der Waals surface area contributed by atoms with Crippen molar-refractivity contribution in [3.63, 3.8) is 0 Å². The van der Waals surface area contributed by atoms with Gasteiger partial charge >= 0.3 is 0 Å². The monoisotopic (exact) mass is 282 g/mol. The van der Waals surface area contributed by atoms with Crippen molar-refractivity contribution in [3.05, 3.63) is 29.3 Å². The maximum Gasteiger partial charge on any atom is 0.126 e. The van der Waals surface area contributed by atoms with Gasteiger partial charge in [-0.1, -0.05) is 18.2 Å². The molecule has 0 saturated carbocycles. The quantitative estimate of drug-likeness (QED) is 0.404. The molecular formula is C14H23N2O2P. The number of benzene rings is 1. The van der Waals surface area contributed by atoms with Crippen LogP contribution >= 0.6 is 8.73 Å². The van der Waals surface area contributed by atoms with Crippen molar-refractivity contribution < 1.29 is 9.84 Å². The molecule has 0 bridgehead atoms. The van der Waals surface area contributed by atoms with Gasteiger partial charge in [-0.2, -0.15) is 0 Å². The van der Waals surface area contributed by atoms with Crippen LogP contribution in [0.1, 0.15) is 24.0 Å². The van der Waals surface area contributed by atoms with E-state index in [9.17, 15) is 5.11 Å².